The topological polar surface area (TPSA) is 88.6 Å². The Bertz CT molecular complexity index is 1000. The normalized spacial score (nSPS) is 17.4. The van der Waals surface area contributed by atoms with Crippen molar-refractivity contribution >= 4 is 22.8 Å². The molecule has 3 aromatic rings. The number of hydrogen-bond donors (Lipinski definition) is 1. The van der Waals surface area contributed by atoms with E-state index < -0.39 is 5.97 Å². The number of carboxylic acid groups (broad SMARTS) is 1. The van der Waals surface area contributed by atoms with Gasteiger partial charge in [0.25, 0.3) is 5.91 Å². The highest BCUT2D eigenvalue weighted by atomic mass is 16.4. The molecule has 1 fully saturated rings. The van der Waals surface area contributed by atoms with Crippen molar-refractivity contribution in [2.75, 3.05) is 13.1 Å². The molecule has 0 bridgehead atoms. The largest absolute Gasteiger partial charge is 0.480 e. The summed E-state index contributed by atoms with van der Waals surface area (Å²) in [5, 5.41) is 14.2. The predicted octanol–water partition coefficient (Wildman–Crippen LogP) is 3.04. The van der Waals surface area contributed by atoms with Gasteiger partial charge in [-0.15, -0.1) is 0 Å². The van der Waals surface area contributed by atoms with Gasteiger partial charge in [-0.25, -0.2) is 0 Å². The van der Waals surface area contributed by atoms with Crippen LogP contribution in [0.5, 0.6) is 0 Å². The quantitative estimate of drug-likeness (QED) is 0.766. The number of nitrogens with zero attached hydrogens (tertiary/aromatic N) is 3. The van der Waals surface area contributed by atoms with Crippen LogP contribution in [-0.2, 0) is 11.3 Å². The fraction of sp³-hybridized carbons (Fsp3) is 0.350. The van der Waals surface area contributed by atoms with Gasteiger partial charge in [0.15, 0.2) is 0 Å². The Balaban J connectivity index is 1.54. The monoisotopic (exact) mass is 367 g/mol. The maximum absolute atomic E-state index is 13.1. The molecule has 0 radical (unpaired) electrons. The Kier molecular flexibility index (Phi) is 4.43. The number of amides is 1. The fourth-order valence-corrected chi connectivity index (χ4v) is 3.76. The molecule has 7 heteroatoms. The van der Waals surface area contributed by atoms with E-state index in [1.807, 2.05) is 36.1 Å². The molecular formula is C20H21N3O4. The standard InChI is InChI=1S/C20H21N3O4/c1-13-10-14-4-2-6-16(19(14)27-13)20(26)22-8-3-5-15(11-22)17-7-9-23(21-17)12-18(24)25/h2,4,6-7,9-10,15H,3,5,8,11-12H2,1H3,(H,24,25)/t15-/m0/s1. The third-order valence-corrected chi connectivity index (χ3v) is 4.98. The molecule has 7 nitrogen and oxygen atoms in total. The molecule has 27 heavy (non-hydrogen) atoms. The van der Waals surface area contributed by atoms with E-state index >= 15 is 0 Å². The molecule has 1 aromatic carbocycles. The van der Waals surface area contributed by atoms with Crippen LogP contribution in [0.4, 0.5) is 0 Å². The summed E-state index contributed by atoms with van der Waals surface area (Å²) < 4.78 is 7.17. The molecule has 2 aromatic heterocycles. The van der Waals surface area contributed by atoms with Crippen LogP contribution in [0, 0.1) is 6.92 Å². The van der Waals surface area contributed by atoms with Gasteiger partial charge in [-0.1, -0.05) is 12.1 Å². The van der Waals surface area contributed by atoms with Crippen molar-refractivity contribution in [1.82, 2.24) is 14.7 Å². The smallest absolute Gasteiger partial charge is 0.325 e. The number of carboxylic acids is 1. The average molecular weight is 367 g/mol. The lowest BCUT2D eigenvalue weighted by Crippen LogP contribution is -2.39. The number of aliphatic carboxylic acids is 1. The molecule has 1 amide bonds. The molecule has 1 aliphatic heterocycles. The zero-order valence-corrected chi connectivity index (χ0v) is 15.1. The van der Waals surface area contributed by atoms with Crippen molar-refractivity contribution in [2.24, 2.45) is 0 Å². The molecule has 3 heterocycles. The summed E-state index contributed by atoms with van der Waals surface area (Å²) in [4.78, 5) is 25.8. The van der Waals surface area contributed by atoms with E-state index in [0.717, 1.165) is 29.7 Å². The first-order chi connectivity index (χ1) is 13.0. The Hall–Kier alpha value is -3.09. The Morgan fingerprint density at radius 3 is 3.00 bits per heavy atom. The van der Waals surface area contributed by atoms with Crippen molar-refractivity contribution in [3.8, 4) is 0 Å². The predicted molar refractivity (Wildman–Crippen MR) is 98.7 cm³/mol. The summed E-state index contributed by atoms with van der Waals surface area (Å²) in [6.45, 7) is 2.98. The van der Waals surface area contributed by atoms with Crippen LogP contribution in [-0.4, -0.2) is 44.8 Å². The maximum Gasteiger partial charge on any atom is 0.325 e. The van der Waals surface area contributed by atoms with Gasteiger partial charge in [0.1, 0.15) is 17.9 Å². The Morgan fingerprint density at radius 1 is 1.33 bits per heavy atom. The number of aryl methyl sites for hydroxylation is 1. The number of benzene rings is 1. The van der Waals surface area contributed by atoms with Crippen LogP contribution in [0.2, 0.25) is 0 Å². The number of likely N-dealkylation sites (tertiary alicyclic amines) is 1. The second-order valence-corrected chi connectivity index (χ2v) is 7.00. The summed E-state index contributed by atoms with van der Waals surface area (Å²) in [7, 11) is 0. The van der Waals surface area contributed by atoms with E-state index in [4.69, 9.17) is 9.52 Å². The van der Waals surface area contributed by atoms with E-state index in [0.29, 0.717) is 24.2 Å². The lowest BCUT2D eigenvalue weighted by molar-refractivity contribution is -0.137. The number of furan rings is 1. The van der Waals surface area contributed by atoms with E-state index in [9.17, 15) is 9.59 Å². The van der Waals surface area contributed by atoms with Crippen LogP contribution >= 0.6 is 0 Å². The number of carbonyl (C=O) groups excluding carboxylic acids is 1. The summed E-state index contributed by atoms with van der Waals surface area (Å²) in [6.07, 6.45) is 3.49. The van der Waals surface area contributed by atoms with E-state index in [1.54, 1.807) is 12.3 Å². The van der Waals surface area contributed by atoms with Gasteiger partial charge >= 0.3 is 5.97 Å². The molecule has 1 atom stereocenters. The lowest BCUT2D eigenvalue weighted by Gasteiger charge is -2.32. The lowest BCUT2D eigenvalue weighted by atomic mass is 9.94. The van der Waals surface area contributed by atoms with Crippen molar-refractivity contribution in [3.63, 3.8) is 0 Å². The zero-order valence-electron chi connectivity index (χ0n) is 15.1. The first-order valence-corrected chi connectivity index (χ1v) is 9.05. The number of hydrogen-bond acceptors (Lipinski definition) is 4. The number of aromatic nitrogens is 2. The van der Waals surface area contributed by atoms with Gasteiger partial charge in [0.05, 0.1) is 11.3 Å². The van der Waals surface area contributed by atoms with Gasteiger partial charge in [0.2, 0.25) is 0 Å². The van der Waals surface area contributed by atoms with Gasteiger partial charge in [-0.2, -0.15) is 5.10 Å². The number of piperidine rings is 1. The minimum absolute atomic E-state index is 0.0374. The van der Waals surface area contributed by atoms with Crippen LogP contribution in [0.1, 0.15) is 40.6 Å². The third kappa shape index (κ3) is 3.45. The van der Waals surface area contributed by atoms with Crippen molar-refractivity contribution in [2.45, 2.75) is 32.2 Å². The molecule has 0 spiro atoms. The summed E-state index contributed by atoms with van der Waals surface area (Å²) in [6, 6.07) is 9.40. The number of para-hydroxylation sites is 1. The van der Waals surface area contributed by atoms with Crippen LogP contribution in [0.3, 0.4) is 0 Å². The molecule has 0 aliphatic carbocycles. The van der Waals surface area contributed by atoms with Crippen LogP contribution in [0.25, 0.3) is 11.0 Å². The number of carbonyl (C=O) groups is 2. The molecule has 1 saturated heterocycles. The SMILES string of the molecule is Cc1cc2cccc(C(=O)N3CCC[C@H](c4ccn(CC(=O)O)n4)C3)c2o1. The second kappa shape index (κ2) is 6.90. The fourth-order valence-electron chi connectivity index (χ4n) is 3.76. The van der Waals surface area contributed by atoms with Crippen molar-refractivity contribution in [1.29, 1.82) is 0 Å². The zero-order chi connectivity index (χ0) is 19.0. The minimum Gasteiger partial charge on any atom is -0.480 e. The molecule has 140 valence electrons. The average Bonchev–Trinajstić information content (AvgIpc) is 3.26. The first kappa shape index (κ1) is 17.3. The summed E-state index contributed by atoms with van der Waals surface area (Å²) >= 11 is 0. The molecule has 0 unspecified atom stereocenters. The highest BCUT2D eigenvalue weighted by Crippen LogP contribution is 2.29. The van der Waals surface area contributed by atoms with Crippen molar-refractivity contribution < 1.29 is 19.1 Å². The van der Waals surface area contributed by atoms with Gasteiger partial charge in [-0.3, -0.25) is 14.3 Å². The minimum atomic E-state index is -0.924. The van der Waals surface area contributed by atoms with E-state index in [1.165, 1.54) is 4.68 Å². The Morgan fingerprint density at radius 2 is 2.19 bits per heavy atom. The highest BCUT2D eigenvalue weighted by Gasteiger charge is 2.28. The molecule has 0 saturated carbocycles. The van der Waals surface area contributed by atoms with Crippen LogP contribution < -0.4 is 0 Å². The summed E-state index contributed by atoms with van der Waals surface area (Å²) in [5.74, 6) is -0.0717. The number of rotatable bonds is 4. The molecular weight excluding hydrogens is 346 g/mol. The first-order valence-electron chi connectivity index (χ1n) is 9.05. The van der Waals surface area contributed by atoms with Crippen LogP contribution in [0.15, 0.2) is 40.9 Å². The summed E-state index contributed by atoms with van der Waals surface area (Å²) in [5.41, 5.74) is 2.05. The van der Waals surface area contributed by atoms with Gasteiger partial charge in [-0.05, 0) is 38.0 Å². The third-order valence-electron chi connectivity index (χ3n) is 4.98. The second-order valence-electron chi connectivity index (χ2n) is 7.00. The molecule has 1 N–H and O–H groups in total. The Labute approximate surface area is 156 Å². The molecule has 4 rings (SSSR count). The van der Waals surface area contributed by atoms with Gasteiger partial charge < -0.3 is 14.4 Å². The van der Waals surface area contributed by atoms with E-state index in [-0.39, 0.29) is 18.4 Å². The number of fused-ring (bicyclic) bond motifs is 1. The van der Waals surface area contributed by atoms with Crippen molar-refractivity contribution in [3.05, 3.63) is 53.5 Å². The van der Waals surface area contributed by atoms with E-state index in [2.05, 4.69) is 5.10 Å². The van der Waals surface area contributed by atoms with Gasteiger partial charge in [0, 0.05) is 30.6 Å². The molecule has 1 aliphatic rings. The highest BCUT2D eigenvalue weighted by molar-refractivity contribution is 6.05. The maximum atomic E-state index is 13.1.